The summed E-state index contributed by atoms with van der Waals surface area (Å²) in [7, 11) is 1.58. The molecule has 3 rings (SSSR count). The van der Waals surface area contributed by atoms with Crippen LogP contribution in [0.1, 0.15) is 29.2 Å². The van der Waals surface area contributed by atoms with Crippen LogP contribution in [0.4, 0.5) is 17.5 Å². The minimum atomic E-state index is -0.620. The monoisotopic (exact) mass is 414 g/mol. The van der Waals surface area contributed by atoms with Crippen molar-refractivity contribution in [2.75, 3.05) is 44.0 Å². The van der Waals surface area contributed by atoms with E-state index in [0.717, 1.165) is 19.4 Å². The molecule has 1 aliphatic rings. The summed E-state index contributed by atoms with van der Waals surface area (Å²) in [6.07, 6.45) is 8.05. The highest BCUT2D eigenvalue weighted by molar-refractivity contribution is 5.97. The lowest BCUT2D eigenvalue weighted by Crippen LogP contribution is -2.39. The molecule has 1 aliphatic heterocycles. The van der Waals surface area contributed by atoms with Gasteiger partial charge in [-0.25, -0.2) is 4.98 Å². The number of carbonyl (C=O) groups is 2. The van der Waals surface area contributed by atoms with Gasteiger partial charge in [0.25, 0.3) is 5.91 Å². The van der Waals surface area contributed by atoms with Gasteiger partial charge < -0.3 is 26.0 Å². The smallest absolute Gasteiger partial charge is 0.254 e. The summed E-state index contributed by atoms with van der Waals surface area (Å²) >= 11 is 0. The summed E-state index contributed by atoms with van der Waals surface area (Å²) in [5.74, 6) is -0.0614. The molecule has 2 amide bonds. The first-order valence-electron chi connectivity index (χ1n) is 9.64. The van der Waals surface area contributed by atoms with Crippen molar-refractivity contribution in [3.63, 3.8) is 0 Å². The zero-order valence-electron chi connectivity index (χ0n) is 16.9. The molecule has 0 aromatic carbocycles. The van der Waals surface area contributed by atoms with Crippen molar-refractivity contribution in [1.29, 1.82) is 0 Å². The molecule has 0 saturated carbocycles. The molecule has 4 N–H and O–H groups in total. The summed E-state index contributed by atoms with van der Waals surface area (Å²) in [6.45, 7) is 5.78. The highest BCUT2D eigenvalue weighted by atomic mass is 16.5. The fraction of sp³-hybridized carbons (Fsp3) is 0.421. The largest absolute Gasteiger partial charge is 0.383 e. The Morgan fingerprint density at radius 1 is 1.43 bits per heavy atom. The van der Waals surface area contributed by atoms with Crippen LogP contribution in [0.15, 0.2) is 31.2 Å². The van der Waals surface area contributed by atoms with Crippen molar-refractivity contribution < 1.29 is 14.3 Å². The van der Waals surface area contributed by atoms with Crippen molar-refractivity contribution in [2.45, 2.75) is 18.9 Å². The van der Waals surface area contributed by atoms with Gasteiger partial charge in [0.05, 0.1) is 30.1 Å². The molecule has 2 aromatic rings. The lowest BCUT2D eigenvalue weighted by atomic mass is 10.1. The van der Waals surface area contributed by atoms with E-state index in [4.69, 9.17) is 10.5 Å². The first-order chi connectivity index (χ1) is 14.5. The van der Waals surface area contributed by atoms with E-state index in [1.165, 1.54) is 12.3 Å². The van der Waals surface area contributed by atoms with Crippen LogP contribution in [0.25, 0.3) is 0 Å². The average Bonchev–Trinajstić information content (AvgIpc) is 3.22. The fourth-order valence-electron chi connectivity index (χ4n) is 3.26. The standard InChI is InChI=1S/C19H26N8O3/c1-3-16(28)26-7-4-5-14(12-26)27-11-13(9-23-27)24-19-22-10-15(17(20)29)18(25-19)21-6-8-30-2/h3,9-11,14H,1,4-8,12H2,2H3,(H2,20,29)(H2,21,22,24,25). The quantitative estimate of drug-likeness (QED) is 0.406. The van der Waals surface area contributed by atoms with Gasteiger partial charge in [-0.15, -0.1) is 0 Å². The Balaban J connectivity index is 1.70. The van der Waals surface area contributed by atoms with Crippen LogP contribution in [-0.2, 0) is 9.53 Å². The highest BCUT2D eigenvalue weighted by Gasteiger charge is 2.24. The molecule has 0 spiro atoms. The highest BCUT2D eigenvalue weighted by Crippen LogP contribution is 2.23. The van der Waals surface area contributed by atoms with Crippen molar-refractivity contribution >= 4 is 29.3 Å². The third-order valence-corrected chi connectivity index (χ3v) is 4.77. The number of aromatic nitrogens is 4. The van der Waals surface area contributed by atoms with Gasteiger partial charge in [-0.2, -0.15) is 10.1 Å². The van der Waals surface area contributed by atoms with Crippen LogP contribution in [0.3, 0.4) is 0 Å². The van der Waals surface area contributed by atoms with E-state index < -0.39 is 5.91 Å². The number of nitrogens with zero attached hydrogens (tertiary/aromatic N) is 5. The van der Waals surface area contributed by atoms with Crippen LogP contribution >= 0.6 is 0 Å². The van der Waals surface area contributed by atoms with E-state index >= 15 is 0 Å². The number of piperidine rings is 1. The first-order valence-corrected chi connectivity index (χ1v) is 9.64. The zero-order chi connectivity index (χ0) is 21.5. The molecule has 1 fully saturated rings. The number of anilines is 3. The Labute approximate surface area is 174 Å². The van der Waals surface area contributed by atoms with Crippen LogP contribution < -0.4 is 16.4 Å². The van der Waals surface area contributed by atoms with E-state index in [-0.39, 0.29) is 17.5 Å². The van der Waals surface area contributed by atoms with Gasteiger partial charge >= 0.3 is 0 Å². The number of rotatable bonds is 9. The Bertz CT molecular complexity index is 913. The topological polar surface area (TPSA) is 140 Å². The van der Waals surface area contributed by atoms with Crippen LogP contribution in [0.2, 0.25) is 0 Å². The van der Waals surface area contributed by atoms with Gasteiger partial charge in [-0.05, 0) is 18.9 Å². The molecule has 11 nitrogen and oxygen atoms in total. The van der Waals surface area contributed by atoms with Crippen molar-refractivity contribution in [3.8, 4) is 0 Å². The van der Waals surface area contributed by atoms with Gasteiger partial charge in [-0.3, -0.25) is 14.3 Å². The molecular weight excluding hydrogens is 388 g/mol. The maximum absolute atomic E-state index is 11.9. The number of likely N-dealkylation sites (tertiary alicyclic amines) is 1. The lowest BCUT2D eigenvalue weighted by Gasteiger charge is -2.32. The van der Waals surface area contributed by atoms with Crippen LogP contribution in [-0.4, -0.2) is 69.8 Å². The van der Waals surface area contributed by atoms with Crippen molar-refractivity contribution in [1.82, 2.24) is 24.6 Å². The third kappa shape index (κ3) is 5.11. The number of amides is 2. The van der Waals surface area contributed by atoms with Gasteiger partial charge in [0.1, 0.15) is 5.82 Å². The molecule has 1 unspecified atom stereocenters. The number of carbonyl (C=O) groups excluding carboxylic acids is 2. The summed E-state index contributed by atoms with van der Waals surface area (Å²) in [5, 5.41) is 10.5. The molecule has 1 saturated heterocycles. The number of nitrogens with one attached hydrogen (secondary N) is 2. The third-order valence-electron chi connectivity index (χ3n) is 4.77. The first kappa shape index (κ1) is 21.2. The predicted octanol–water partition coefficient (Wildman–Crippen LogP) is 0.923. The molecule has 2 aromatic heterocycles. The summed E-state index contributed by atoms with van der Waals surface area (Å²) in [4.78, 5) is 33.8. The van der Waals surface area contributed by atoms with E-state index in [1.807, 2.05) is 10.9 Å². The zero-order valence-corrected chi connectivity index (χ0v) is 16.9. The molecule has 160 valence electrons. The Hall–Kier alpha value is -3.47. The van der Waals surface area contributed by atoms with Gasteiger partial charge in [0.15, 0.2) is 0 Å². The number of methoxy groups -OCH3 is 1. The summed E-state index contributed by atoms with van der Waals surface area (Å²) in [6, 6.07) is 0.0858. The molecule has 11 heteroatoms. The fourth-order valence-corrected chi connectivity index (χ4v) is 3.26. The second kappa shape index (κ2) is 9.83. The van der Waals surface area contributed by atoms with Crippen LogP contribution in [0.5, 0.6) is 0 Å². The maximum atomic E-state index is 11.9. The Morgan fingerprint density at radius 3 is 3.00 bits per heavy atom. The summed E-state index contributed by atoms with van der Waals surface area (Å²) < 4.78 is 6.83. The minimum Gasteiger partial charge on any atom is -0.383 e. The average molecular weight is 414 g/mol. The number of hydrogen-bond donors (Lipinski definition) is 3. The van der Waals surface area contributed by atoms with Gasteiger partial charge in [0, 0.05) is 39.1 Å². The predicted molar refractivity (Wildman–Crippen MR) is 111 cm³/mol. The molecule has 0 aliphatic carbocycles. The molecule has 3 heterocycles. The second-order valence-electron chi connectivity index (χ2n) is 6.86. The molecule has 0 radical (unpaired) electrons. The molecule has 30 heavy (non-hydrogen) atoms. The number of nitrogens with two attached hydrogens (primary N) is 1. The molecule has 1 atom stereocenters. The van der Waals surface area contributed by atoms with Gasteiger partial charge in [-0.1, -0.05) is 6.58 Å². The lowest BCUT2D eigenvalue weighted by molar-refractivity contribution is -0.127. The molecular formula is C19H26N8O3. The molecule has 0 bridgehead atoms. The Kier molecular flexibility index (Phi) is 6.96. The normalized spacial score (nSPS) is 16.2. The number of hydrogen-bond acceptors (Lipinski definition) is 8. The maximum Gasteiger partial charge on any atom is 0.254 e. The Morgan fingerprint density at radius 2 is 2.27 bits per heavy atom. The summed E-state index contributed by atoms with van der Waals surface area (Å²) in [5.41, 5.74) is 6.28. The van der Waals surface area contributed by atoms with Crippen LogP contribution in [0, 0.1) is 0 Å². The van der Waals surface area contributed by atoms with E-state index in [2.05, 4.69) is 32.3 Å². The number of ether oxygens (including phenoxy) is 1. The SMILES string of the molecule is C=CC(=O)N1CCCC(n2cc(Nc3ncc(C(N)=O)c(NCCOC)n3)cn2)C1. The second-order valence-corrected chi connectivity index (χ2v) is 6.86. The van der Waals surface area contributed by atoms with Crippen molar-refractivity contribution in [2.24, 2.45) is 5.73 Å². The van der Waals surface area contributed by atoms with E-state index in [9.17, 15) is 9.59 Å². The number of primary amides is 1. The van der Waals surface area contributed by atoms with Crippen molar-refractivity contribution in [3.05, 3.63) is 36.8 Å². The van der Waals surface area contributed by atoms with E-state index in [1.54, 1.807) is 18.2 Å². The van der Waals surface area contributed by atoms with E-state index in [0.29, 0.717) is 37.1 Å². The van der Waals surface area contributed by atoms with Gasteiger partial charge in [0.2, 0.25) is 11.9 Å². The minimum absolute atomic E-state index is 0.0679.